The Kier molecular flexibility index (Phi) is 4.50. The summed E-state index contributed by atoms with van der Waals surface area (Å²) in [6, 6.07) is 7.64. The molecule has 0 radical (unpaired) electrons. The largest absolute Gasteiger partial charge is 0.481 e. The zero-order chi connectivity index (χ0) is 17.1. The molecule has 0 saturated carbocycles. The normalized spacial score (nSPS) is 14.8. The fourth-order valence-corrected chi connectivity index (χ4v) is 2.95. The Morgan fingerprint density at radius 3 is 2.38 bits per heavy atom. The minimum absolute atomic E-state index is 0.00568. The van der Waals surface area contributed by atoms with E-state index in [1.54, 1.807) is 16.0 Å². The van der Waals surface area contributed by atoms with Crippen molar-refractivity contribution in [1.29, 1.82) is 0 Å². The number of aromatic nitrogens is 1. The van der Waals surface area contributed by atoms with Crippen molar-refractivity contribution in [2.45, 2.75) is 12.8 Å². The van der Waals surface area contributed by atoms with E-state index in [1.807, 2.05) is 24.3 Å². The van der Waals surface area contributed by atoms with Crippen LogP contribution < -0.4 is 0 Å². The Labute approximate surface area is 138 Å². The van der Waals surface area contributed by atoms with Gasteiger partial charge in [0.05, 0.1) is 12.0 Å². The molecule has 2 N–H and O–H groups in total. The maximum absolute atomic E-state index is 12.7. The Morgan fingerprint density at radius 2 is 1.67 bits per heavy atom. The van der Waals surface area contributed by atoms with Crippen molar-refractivity contribution in [2.24, 2.45) is 0 Å². The molecule has 7 heteroatoms. The molecule has 1 aromatic heterocycles. The monoisotopic (exact) mass is 329 g/mol. The number of amides is 2. The van der Waals surface area contributed by atoms with Gasteiger partial charge in [0, 0.05) is 49.7 Å². The topological polar surface area (TPSA) is 93.7 Å². The highest BCUT2D eigenvalue weighted by Crippen LogP contribution is 2.20. The van der Waals surface area contributed by atoms with E-state index in [1.165, 1.54) is 0 Å². The molecule has 1 aliphatic heterocycles. The van der Waals surface area contributed by atoms with Crippen LogP contribution >= 0.6 is 0 Å². The van der Waals surface area contributed by atoms with Gasteiger partial charge in [0.1, 0.15) is 0 Å². The summed E-state index contributed by atoms with van der Waals surface area (Å²) >= 11 is 0. The van der Waals surface area contributed by atoms with Crippen molar-refractivity contribution in [1.82, 2.24) is 14.8 Å². The molecule has 3 rings (SSSR count). The van der Waals surface area contributed by atoms with Crippen LogP contribution in [0.25, 0.3) is 10.9 Å². The number of hydrogen-bond donors (Lipinski definition) is 2. The fourth-order valence-electron chi connectivity index (χ4n) is 2.95. The van der Waals surface area contributed by atoms with E-state index in [-0.39, 0.29) is 24.7 Å². The number of carboxylic acids is 1. The Balaban J connectivity index is 1.61. The Bertz CT molecular complexity index is 775. The molecule has 1 aliphatic rings. The molecule has 24 heavy (non-hydrogen) atoms. The number of piperazine rings is 1. The standard InChI is InChI=1S/C17H19N3O4/c21-15(5-6-16(22)23)19-7-9-20(10-8-19)17(24)13-11-18-14-4-2-1-3-12(13)14/h1-4,11,18H,5-10H2,(H,22,23). The second-order valence-electron chi connectivity index (χ2n) is 5.81. The highest BCUT2D eigenvalue weighted by atomic mass is 16.4. The number of carbonyl (C=O) groups excluding carboxylic acids is 2. The first-order valence-corrected chi connectivity index (χ1v) is 7.91. The molecule has 1 fully saturated rings. The van der Waals surface area contributed by atoms with Crippen molar-refractivity contribution < 1.29 is 19.5 Å². The van der Waals surface area contributed by atoms with Gasteiger partial charge in [-0.2, -0.15) is 0 Å². The quantitative estimate of drug-likeness (QED) is 0.884. The molecule has 1 saturated heterocycles. The lowest BCUT2D eigenvalue weighted by Crippen LogP contribution is -2.50. The molecule has 2 amide bonds. The van der Waals surface area contributed by atoms with Crippen LogP contribution in [0.5, 0.6) is 0 Å². The van der Waals surface area contributed by atoms with E-state index in [4.69, 9.17) is 5.11 Å². The van der Waals surface area contributed by atoms with E-state index in [0.717, 1.165) is 10.9 Å². The number of fused-ring (bicyclic) bond motifs is 1. The first kappa shape index (κ1) is 16.0. The SMILES string of the molecule is O=C(O)CCC(=O)N1CCN(C(=O)c2c[nH]c3ccccc23)CC1. The number of aromatic amines is 1. The molecular weight excluding hydrogens is 310 g/mol. The van der Waals surface area contributed by atoms with E-state index < -0.39 is 5.97 Å². The van der Waals surface area contributed by atoms with Gasteiger partial charge in [-0.1, -0.05) is 18.2 Å². The maximum atomic E-state index is 12.7. The van der Waals surface area contributed by atoms with Crippen LogP contribution in [0.1, 0.15) is 23.2 Å². The first-order chi connectivity index (χ1) is 11.6. The molecule has 0 atom stereocenters. The van der Waals surface area contributed by atoms with Gasteiger partial charge in [-0.3, -0.25) is 14.4 Å². The van der Waals surface area contributed by atoms with Gasteiger partial charge in [-0.15, -0.1) is 0 Å². The van der Waals surface area contributed by atoms with Crippen LogP contribution in [0.3, 0.4) is 0 Å². The maximum Gasteiger partial charge on any atom is 0.303 e. The highest BCUT2D eigenvalue weighted by molar-refractivity contribution is 6.06. The molecule has 0 spiro atoms. The van der Waals surface area contributed by atoms with Crippen LogP contribution in [-0.4, -0.2) is 63.9 Å². The highest BCUT2D eigenvalue weighted by Gasteiger charge is 2.26. The molecule has 2 aromatic rings. The fraction of sp³-hybridized carbons (Fsp3) is 0.353. The van der Waals surface area contributed by atoms with Gasteiger partial charge in [0.25, 0.3) is 5.91 Å². The number of benzene rings is 1. The number of rotatable bonds is 4. The van der Waals surface area contributed by atoms with Crippen LogP contribution in [-0.2, 0) is 9.59 Å². The van der Waals surface area contributed by atoms with Crippen molar-refractivity contribution >= 4 is 28.7 Å². The van der Waals surface area contributed by atoms with Gasteiger partial charge in [-0.25, -0.2) is 0 Å². The molecule has 126 valence electrons. The van der Waals surface area contributed by atoms with Gasteiger partial charge in [-0.05, 0) is 6.07 Å². The lowest BCUT2D eigenvalue weighted by atomic mass is 10.1. The van der Waals surface area contributed by atoms with Gasteiger partial charge >= 0.3 is 5.97 Å². The average molecular weight is 329 g/mol. The van der Waals surface area contributed by atoms with Crippen LogP contribution in [0.15, 0.2) is 30.5 Å². The summed E-state index contributed by atoms with van der Waals surface area (Å²) in [5.74, 6) is -1.20. The second-order valence-corrected chi connectivity index (χ2v) is 5.81. The van der Waals surface area contributed by atoms with Gasteiger partial charge < -0.3 is 19.9 Å². The van der Waals surface area contributed by atoms with Gasteiger partial charge in [0.2, 0.25) is 5.91 Å². The Hall–Kier alpha value is -2.83. The van der Waals surface area contributed by atoms with E-state index in [0.29, 0.717) is 31.7 Å². The predicted octanol–water partition coefficient (Wildman–Crippen LogP) is 1.32. The van der Waals surface area contributed by atoms with Crippen LogP contribution in [0.4, 0.5) is 0 Å². The molecular formula is C17H19N3O4. The summed E-state index contributed by atoms with van der Waals surface area (Å²) in [6.07, 6.45) is 1.57. The zero-order valence-corrected chi connectivity index (χ0v) is 13.2. The zero-order valence-electron chi connectivity index (χ0n) is 13.2. The minimum Gasteiger partial charge on any atom is -0.481 e. The lowest BCUT2D eigenvalue weighted by Gasteiger charge is -2.34. The van der Waals surface area contributed by atoms with E-state index >= 15 is 0 Å². The van der Waals surface area contributed by atoms with Crippen LogP contribution in [0, 0.1) is 0 Å². The number of aliphatic carboxylic acids is 1. The third-order valence-corrected chi connectivity index (χ3v) is 4.29. The molecule has 0 bridgehead atoms. The second kappa shape index (κ2) is 6.74. The van der Waals surface area contributed by atoms with Crippen LogP contribution in [0.2, 0.25) is 0 Å². The number of nitrogens with zero attached hydrogens (tertiary/aromatic N) is 2. The molecule has 0 aliphatic carbocycles. The van der Waals surface area contributed by atoms with Crippen molar-refractivity contribution in [3.8, 4) is 0 Å². The number of carbonyl (C=O) groups is 3. The number of hydrogen-bond acceptors (Lipinski definition) is 3. The lowest BCUT2D eigenvalue weighted by molar-refractivity contribution is -0.141. The molecule has 2 heterocycles. The number of H-pyrrole nitrogens is 1. The number of nitrogens with one attached hydrogen (secondary N) is 1. The first-order valence-electron chi connectivity index (χ1n) is 7.91. The smallest absolute Gasteiger partial charge is 0.303 e. The summed E-state index contributed by atoms with van der Waals surface area (Å²) in [5, 5.41) is 9.53. The molecule has 1 aromatic carbocycles. The number of para-hydroxylation sites is 1. The summed E-state index contributed by atoms with van der Waals surface area (Å²) < 4.78 is 0. The average Bonchev–Trinajstić information content (AvgIpc) is 3.03. The van der Waals surface area contributed by atoms with E-state index in [9.17, 15) is 14.4 Å². The van der Waals surface area contributed by atoms with E-state index in [2.05, 4.69) is 4.98 Å². The minimum atomic E-state index is -0.975. The summed E-state index contributed by atoms with van der Waals surface area (Å²) in [4.78, 5) is 41.6. The van der Waals surface area contributed by atoms with Crippen molar-refractivity contribution in [3.05, 3.63) is 36.0 Å². The summed E-state index contributed by atoms with van der Waals surface area (Å²) in [7, 11) is 0. The van der Waals surface area contributed by atoms with Gasteiger partial charge in [0.15, 0.2) is 0 Å². The molecule has 0 unspecified atom stereocenters. The third-order valence-electron chi connectivity index (χ3n) is 4.29. The van der Waals surface area contributed by atoms with Crippen molar-refractivity contribution in [2.75, 3.05) is 26.2 Å². The molecule has 7 nitrogen and oxygen atoms in total. The Morgan fingerprint density at radius 1 is 1.00 bits per heavy atom. The summed E-state index contributed by atoms with van der Waals surface area (Å²) in [5.41, 5.74) is 1.56. The summed E-state index contributed by atoms with van der Waals surface area (Å²) in [6.45, 7) is 1.79. The third kappa shape index (κ3) is 3.24. The number of carboxylic acid groups (broad SMARTS) is 1. The van der Waals surface area contributed by atoms with Crippen molar-refractivity contribution in [3.63, 3.8) is 0 Å². The predicted molar refractivity (Wildman–Crippen MR) is 87.7 cm³/mol.